The number of ether oxygens (including phenoxy) is 1. The maximum absolute atomic E-state index is 5.58. The summed E-state index contributed by atoms with van der Waals surface area (Å²) >= 11 is 3.38. The van der Waals surface area contributed by atoms with Gasteiger partial charge in [-0.2, -0.15) is 0 Å². The van der Waals surface area contributed by atoms with Crippen LogP contribution in [0.3, 0.4) is 0 Å². The first-order chi connectivity index (χ1) is 8.84. The van der Waals surface area contributed by atoms with Crippen molar-refractivity contribution in [2.45, 2.75) is 6.54 Å². The van der Waals surface area contributed by atoms with E-state index in [1.807, 2.05) is 30.3 Å². The summed E-state index contributed by atoms with van der Waals surface area (Å²) in [5.74, 6) is 0.877. The van der Waals surface area contributed by atoms with E-state index in [4.69, 9.17) is 4.74 Å². The molecule has 0 aliphatic carbocycles. The molecule has 0 bridgehead atoms. The fraction of sp³-hybridized carbons (Fsp3) is 0.231. The minimum Gasteiger partial charge on any atom is -0.492 e. The molecule has 1 N–H and O–H groups in total. The summed E-state index contributed by atoms with van der Waals surface area (Å²) < 4.78 is 6.64. The molecule has 0 atom stereocenters. The molecule has 0 radical (unpaired) electrons. The highest BCUT2D eigenvalue weighted by Crippen LogP contribution is 2.15. The highest BCUT2D eigenvalue weighted by molar-refractivity contribution is 9.10. The monoisotopic (exact) mass is 307 g/mol. The summed E-state index contributed by atoms with van der Waals surface area (Å²) in [6.45, 7) is 2.14. The van der Waals surface area contributed by atoms with Crippen molar-refractivity contribution in [2.24, 2.45) is 0 Å². The molecule has 94 valence electrons. The van der Waals surface area contributed by atoms with Gasteiger partial charge in [0, 0.05) is 23.8 Å². The Morgan fingerprint density at radius 1 is 1.17 bits per heavy atom. The Morgan fingerprint density at radius 2 is 2.00 bits per heavy atom. The Hall–Kier alpha value is -1.46. The van der Waals surface area contributed by atoms with Crippen LogP contribution in [0.1, 0.15) is 5.69 Å². The molecule has 1 aromatic carbocycles. The fourth-order valence-electron chi connectivity index (χ4n) is 1.41. The smallest absolute Gasteiger partial charge is 0.119 e. The Morgan fingerprint density at radius 3 is 2.72 bits per heavy atom. The summed E-state index contributed by atoms with van der Waals surface area (Å²) in [4.78, 5) is 7.99. The maximum atomic E-state index is 5.58. The molecule has 0 aliphatic rings. The molecule has 0 spiro atoms. The number of rotatable bonds is 6. The van der Waals surface area contributed by atoms with Gasteiger partial charge in [0.1, 0.15) is 18.7 Å². The van der Waals surface area contributed by atoms with Gasteiger partial charge in [0.2, 0.25) is 0 Å². The number of nitrogens with one attached hydrogen (secondary N) is 1. The van der Waals surface area contributed by atoms with Gasteiger partial charge in [0.15, 0.2) is 0 Å². The molecule has 2 aromatic rings. The molecule has 5 heteroatoms. The zero-order valence-corrected chi connectivity index (χ0v) is 11.4. The van der Waals surface area contributed by atoms with Crippen molar-refractivity contribution in [1.82, 2.24) is 15.3 Å². The number of hydrogen-bond donors (Lipinski definition) is 1. The minimum absolute atomic E-state index is 0.632. The summed E-state index contributed by atoms with van der Waals surface area (Å²) in [5.41, 5.74) is 0.980. The molecular formula is C13H14BrN3O. The molecule has 1 heterocycles. The van der Waals surface area contributed by atoms with E-state index < -0.39 is 0 Å². The molecule has 2 rings (SSSR count). The van der Waals surface area contributed by atoms with Crippen LogP contribution in [0.2, 0.25) is 0 Å². The van der Waals surface area contributed by atoms with Crippen molar-refractivity contribution in [1.29, 1.82) is 0 Å². The fourth-order valence-corrected chi connectivity index (χ4v) is 1.68. The third kappa shape index (κ3) is 4.43. The number of hydrogen-bond acceptors (Lipinski definition) is 4. The molecule has 18 heavy (non-hydrogen) atoms. The second-order valence-electron chi connectivity index (χ2n) is 3.68. The van der Waals surface area contributed by atoms with Gasteiger partial charge in [0.25, 0.3) is 0 Å². The summed E-state index contributed by atoms with van der Waals surface area (Å²) in [7, 11) is 0. The first-order valence-electron chi connectivity index (χ1n) is 5.68. The maximum Gasteiger partial charge on any atom is 0.119 e. The van der Waals surface area contributed by atoms with Gasteiger partial charge in [-0.05, 0) is 30.3 Å². The van der Waals surface area contributed by atoms with Crippen molar-refractivity contribution in [3.05, 3.63) is 53.0 Å². The normalized spacial score (nSPS) is 10.3. The highest BCUT2D eigenvalue weighted by atomic mass is 79.9. The minimum atomic E-state index is 0.632. The summed E-state index contributed by atoms with van der Waals surface area (Å²) in [6.07, 6.45) is 3.29. The van der Waals surface area contributed by atoms with E-state index in [0.29, 0.717) is 6.61 Å². The summed E-state index contributed by atoms with van der Waals surface area (Å²) in [6, 6.07) is 9.69. The lowest BCUT2D eigenvalue weighted by molar-refractivity contribution is 0.313. The molecule has 0 unspecified atom stereocenters. The van der Waals surface area contributed by atoms with Crippen LogP contribution < -0.4 is 10.1 Å². The first-order valence-corrected chi connectivity index (χ1v) is 6.48. The number of benzene rings is 1. The lowest BCUT2D eigenvalue weighted by atomic mass is 10.3. The third-order valence-corrected chi connectivity index (χ3v) is 2.84. The zero-order chi connectivity index (χ0) is 12.6. The SMILES string of the molecule is Brc1ccc(OCCNCc2ccncn2)cc1. The van der Waals surface area contributed by atoms with E-state index in [9.17, 15) is 0 Å². The van der Waals surface area contributed by atoms with Gasteiger partial charge in [-0.15, -0.1) is 0 Å². The van der Waals surface area contributed by atoms with E-state index in [-0.39, 0.29) is 0 Å². The highest BCUT2D eigenvalue weighted by Gasteiger charge is 1.95. The number of halogens is 1. The summed E-state index contributed by atoms with van der Waals surface area (Å²) in [5, 5.41) is 3.26. The average Bonchev–Trinajstić information content (AvgIpc) is 2.42. The van der Waals surface area contributed by atoms with E-state index in [1.165, 1.54) is 0 Å². The third-order valence-electron chi connectivity index (χ3n) is 2.31. The molecule has 0 aliphatic heterocycles. The largest absolute Gasteiger partial charge is 0.492 e. The molecule has 0 saturated carbocycles. The second-order valence-corrected chi connectivity index (χ2v) is 4.60. The predicted molar refractivity (Wildman–Crippen MR) is 73.4 cm³/mol. The Kier molecular flexibility index (Phi) is 5.11. The zero-order valence-electron chi connectivity index (χ0n) is 9.84. The lowest BCUT2D eigenvalue weighted by Gasteiger charge is -2.07. The Balaban J connectivity index is 1.63. The van der Waals surface area contributed by atoms with Crippen LogP contribution in [0, 0.1) is 0 Å². The van der Waals surface area contributed by atoms with Gasteiger partial charge in [-0.25, -0.2) is 9.97 Å². The molecule has 4 nitrogen and oxygen atoms in total. The molecule has 0 amide bonds. The van der Waals surface area contributed by atoms with Gasteiger partial charge >= 0.3 is 0 Å². The number of nitrogens with zero attached hydrogens (tertiary/aromatic N) is 2. The van der Waals surface area contributed by atoms with Gasteiger partial charge in [0.05, 0.1) is 5.69 Å². The van der Waals surface area contributed by atoms with E-state index >= 15 is 0 Å². The van der Waals surface area contributed by atoms with E-state index in [2.05, 4.69) is 31.2 Å². The molecule has 0 fully saturated rings. The van der Waals surface area contributed by atoms with Crippen LogP contribution in [0.4, 0.5) is 0 Å². The van der Waals surface area contributed by atoms with Crippen molar-refractivity contribution in [2.75, 3.05) is 13.2 Å². The van der Waals surface area contributed by atoms with Crippen LogP contribution in [-0.2, 0) is 6.54 Å². The van der Waals surface area contributed by atoms with Crippen molar-refractivity contribution < 1.29 is 4.74 Å². The average molecular weight is 308 g/mol. The van der Waals surface area contributed by atoms with Crippen molar-refractivity contribution in [3.63, 3.8) is 0 Å². The second kappa shape index (κ2) is 7.08. The molecule has 0 saturated heterocycles. The van der Waals surface area contributed by atoms with Gasteiger partial charge in [-0.1, -0.05) is 15.9 Å². The van der Waals surface area contributed by atoms with Crippen LogP contribution in [0.5, 0.6) is 5.75 Å². The topological polar surface area (TPSA) is 47.0 Å². The number of aromatic nitrogens is 2. The lowest BCUT2D eigenvalue weighted by Crippen LogP contribution is -2.21. The van der Waals surface area contributed by atoms with E-state index in [0.717, 1.165) is 29.0 Å². The van der Waals surface area contributed by atoms with Crippen molar-refractivity contribution >= 4 is 15.9 Å². The standard InChI is InChI=1S/C13H14BrN3O/c14-11-1-3-13(4-2-11)18-8-7-15-9-12-5-6-16-10-17-12/h1-6,10,15H,7-9H2. The van der Waals surface area contributed by atoms with Crippen LogP contribution >= 0.6 is 15.9 Å². The molecular weight excluding hydrogens is 294 g/mol. The first kappa shape index (κ1) is 13.0. The van der Waals surface area contributed by atoms with Gasteiger partial charge < -0.3 is 10.1 Å². The van der Waals surface area contributed by atoms with Crippen LogP contribution in [0.25, 0.3) is 0 Å². The Bertz CT molecular complexity index is 461. The van der Waals surface area contributed by atoms with E-state index in [1.54, 1.807) is 12.5 Å². The quantitative estimate of drug-likeness (QED) is 0.833. The Labute approximate surface area is 115 Å². The van der Waals surface area contributed by atoms with Crippen LogP contribution in [0.15, 0.2) is 47.3 Å². The predicted octanol–water partition coefficient (Wildman–Crippen LogP) is 2.41. The van der Waals surface area contributed by atoms with Gasteiger partial charge in [-0.3, -0.25) is 0 Å². The van der Waals surface area contributed by atoms with Crippen LogP contribution in [-0.4, -0.2) is 23.1 Å². The molecule has 1 aromatic heterocycles. The van der Waals surface area contributed by atoms with Crippen molar-refractivity contribution in [3.8, 4) is 5.75 Å².